The first-order chi connectivity index (χ1) is 7.99. The van der Waals surface area contributed by atoms with Crippen molar-refractivity contribution in [3.8, 4) is 5.75 Å². The second kappa shape index (κ2) is 4.04. The highest BCUT2D eigenvalue weighted by atomic mass is 19.1. The Morgan fingerprint density at radius 1 is 1.35 bits per heavy atom. The largest absolute Gasteiger partial charge is 0.507 e. The van der Waals surface area contributed by atoms with Gasteiger partial charge in [0.05, 0.1) is 11.5 Å². The smallest absolute Gasteiger partial charge is 0.310 e. The molecule has 1 aromatic rings. The molecule has 1 aliphatic rings. The molecule has 1 heterocycles. The summed E-state index contributed by atoms with van der Waals surface area (Å²) in [5, 5.41) is 18.1. The molecule has 1 fully saturated rings. The predicted molar refractivity (Wildman–Crippen MR) is 55.1 cm³/mol. The Bertz CT molecular complexity index is 482. The van der Waals surface area contributed by atoms with E-state index in [1.807, 2.05) is 0 Å². The number of amides is 1. The summed E-state index contributed by atoms with van der Waals surface area (Å²) in [5.74, 6) is -3.06. The number of aromatic hydroxyl groups is 1. The zero-order valence-electron chi connectivity index (χ0n) is 8.76. The summed E-state index contributed by atoms with van der Waals surface area (Å²) in [4.78, 5) is 23.6. The zero-order chi connectivity index (χ0) is 12.6. The van der Waals surface area contributed by atoms with E-state index in [-0.39, 0.29) is 18.7 Å². The lowest BCUT2D eigenvalue weighted by molar-refractivity contribution is -0.146. The third-order valence-corrected chi connectivity index (χ3v) is 2.71. The Morgan fingerprint density at radius 3 is 2.53 bits per heavy atom. The van der Waals surface area contributed by atoms with Crippen LogP contribution in [0.2, 0.25) is 0 Å². The second-order valence-electron chi connectivity index (χ2n) is 3.91. The summed E-state index contributed by atoms with van der Waals surface area (Å²) in [5.41, 5.74) is -0.0183. The lowest BCUT2D eigenvalue weighted by Gasteiger charge is -2.36. The summed E-state index contributed by atoms with van der Waals surface area (Å²) in [6, 6.07) is 3.10. The highest BCUT2D eigenvalue weighted by Gasteiger charge is 2.36. The van der Waals surface area contributed by atoms with Gasteiger partial charge in [-0.15, -0.1) is 0 Å². The number of aliphatic carboxylic acids is 1. The van der Waals surface area contributed by atoms with Gasteiger partial charge in [-0.05, 0) is 12.1 Å². The molecule has 0 spiro atoms. The number of carbonyl (C=O) groups excluding carboxylic acids is 1. The van der Waals surface area contributed by atoms with E-state index in [1.165, 1.54) is 11.0 Å². The number of carboxylic acid groups (broad SMARTS) is 1. The molecule has 6 heteroatoms. The quantitative estimate of drug-likeness (QED) is 0.795. The third-order valence-electron chi connectivity index (χ3n) is 2.71. The van der Waals surface area contributed by atoms with Crippen molar-refractivity contribution in [2.45, 2.75) is 0 Å². The van der Waals surface area contributed by atoms with Gasteiger partial charge in [-0.2, -0.15) is 0 Å². The number of hydrogen-bond donors (Lipinski definition) is 2. The van der Waals surface area contributed by atoms with Gasteiger partial charge in [0.1, 0.15) is 11.6 Å². The molecule has 17 heavy (non-hydrogen) atoms. The standard InChI is InChI=1S/C11H10FNO4/c12-7-1-2-8(9(14)3-7)10(15)13-4-6(5-13)11(16)17/h1-3,6,14H,4-5H2,(H,16,17). The minimum Gasteiger partial charge on any atom is -0.507 e. The second-order valence-corrected chi connectivity index (χ2v) is 3.91. The predicted octanol–water partition coefficient (Wildman–Crippen LogP) is 0.688. The average Bonchev–Trinajstić information content (AvgIpc) is 2.13. The summed E-state index contributed by atoms with van der Waals surface area (Å²) < 4.78 is 12.7. The van der Waals surface area contributed by atoms with Gasteiger partial charge in [-0.3, -0.25) is 9.59 Å². The van der Waals surface area contributed by atoms with Crippen LogP contribution < -0.4 is 0 Å². The van der Waals surface area contributed by atoms with Crippen molar-refractivity contribution in [3.63, 3.8) is 0 Å². The summed E-state index contributed by atoms with van der Waals surface area (Å²) >= 11 is 0. The lowest BCUT2D eigenvalue weighted by atomic mass is 9.99. The maximum Gasteiger partial charge on any atom is 0.310 e. The van der Waals surface area contributed by atoms with E-state index < -0.39 is 29.4 Å². The molecule has 0 unspecified atom stereocenters. The normalized spacial score (nSPS) is 15.5. The summed E-state index contributed by atoms with van der Waals surface area (Å²) in [7, 11) is 0. The van der Waals surface area contributed by atoms with Crippen LogP contribution in [0.3, 0.4) is 0 Å². The number of phenols is 1. The number of phenolic OH excluding ortho intramolecular Hbond substituents is 1. The number of carbonyl (C=O) groups is 2. The topological polar surface area (TPSA) is 77.8 Å². The molecule has 0 aliphatic carbocycles. The van der Waals surface area contributed by atoms with E-state index in [0.29, 0.717) is 0 Å². The minimum absolute atomic E-state index is 0.0183. The molecule has 2 rings (SSSR count). The first-order valence-corrected chi connectivity index (χ1v) is 4.99. The van der Waals surface area contributed by atoms with Gasteiger partial charge in [-0.25, -0.2) is 4.39 Å². The zero-order valence-corrected chi connectivity index (χ0v) is 8.76. The number of nitrogens with zero attached hydrogens (tertiary/aromatic N) is 1. The highest BCUT2D eigenvalue weighted by molar-refractivity contribution is 5.98. The Balaban J connectivity index is 2.09. The molecule has 0 atom stereocenters. The van der Waals surface area contributed by atoms with Crippen LogP contribution in [0.15, 0.2) is 18.2 Å². The molecule has 0 aromatic heterocycles. The fourth-order valence-corrected chi connectivity index (χ4v) is 1.66. The van der Waals surface area contributed by atoms with Gasteiger partial charge < -0.3 is 15.1 Å². The number of carboxylic acids is 1. The Labute approximate surface area is 96.1 Å². The van der Waals surface area contributed by atoms with Crippen LogP contribution in [0.5, 0.6) is 5.75 Å². The summed E-state index contributed by atoms with van der Waals surface area (Å²) in [6.45, 7) is 0.232. The molecule has 5 nitrogen and oxygen atoms in total. The lowest BCUT2D eigenvalue weighted by Crippen LogP contribution is -2.53. The van der Waals surface area contributed by atoms with Gasteiger partial charge in [0, 0.05) is 19.2 Å². The number of benzene rings is 1. The third kappa shape index (κ3) is 2.06. The molecule has 0 saturated carbocycles. The number of hydrogen-bond acceptors (Lipinski definition) is 3. The van der Waals surface area contributed by atoms with Crippen molar-refractivity contribution in [2.75, 3.05) is 13.1 Å². The van der Waals surface area contributed by atoms with Crippen LogP contribution in [-0.4, -0.2) is 40.1 Å². The van der Waals surface area contributed by atoms with Crippen LogP contribution >= 0.6 is 0 Å². The van der Waals surface area contributed by atoms with Crippen LogP contribution in [0, 0.1) is 11.7 Å². The van der Waals surface area contributed by atoms with Gasteiger partial charge in [-0.1, -0.05) is 0 Å². The van der Waals surface area contributed by atoms with Gasteiger partial charge in [0.25, 0.3) is 5.91 Å². The SMILES string of the molecule is O=C(O)C1CN(C(=O)c2ccc(F)cc2O)C1. The molecule has 1 aromatic carbocycles. The Kier molecular flexibility index (Phi) is 2.71. The maximum absolute atomic E-state index is 12.7. The van der Waals surface area contributed by atoms with Crippen LogP contribution in [0.1, 0.15) is 10.4 Å². The molecule has 0 bridgehead atoms. The molecule has 1 saturated heterocycles. The highest BCUT2D eigenvalue weighted by Crippen LogP contribution is 2.24. The Hall–Kier alpha value is -2.11. The van der Waals surface area contributed by atoms with Crippen molar-refractivity contribution >= 4 is 11.9 Å². The van der Waals surface area contributed by atoms with E-state index in [2.05, 4.69) is 0 Å². The van der Waals surface area contributed by atoms with Crippen molar-refractivity contribution < 1.29 is 24.2 Å². The molecular formula is C11H10FNO4. The monoisotopic (exact) mass is 239 g/mol. The first kappa shape index (κ1) is 11.4. The van der Waals surface area contributed by atoms with Crippen molar-refractivity contribution in [3.05, 3.63) is 29.6 Å². The van der Waals surface area contributed by atoms with Gasteiger partial charge in [0.15, 0.2) is 0 Å². The van der Waals surface area contributed by atoms with E-state index in [0.717, 1.165) is 12.1 Å². The molecule has 2 N–H and O–H groups in total. The molecule has 90 valence electrons. The van der Waals surface area contributed by atoms with E-state index in [1.54, 1.807) is 0 Å². The van der Waals surface area contributed by atoms with Gasteiger partial charge in [0.2, 0.25) is 0 Å². The molecule has 1 amide bonds. The van der Waals surface area contributed by atoms with E-state index in [4.69, 9.17) is 5.11 Å². The van der Waals surface area contributed by atoms with E-state index in [9.17, 15) is 19.1 Å². The Morgan fingerprint density at radius 2 is 2.00 bits per heavy atom. The van der Waals surface area contributed by atoms with Crippen molar-refractivity contribution in [2.24, 2.45) is 5.92 Å². The fraction of sp³-hybridized carbons (Fsp3) is 0.273. The average molecular weight is 239 g/mol. The molecular weight excluding hydrogens is 229 g/mol. The first-order valence-electron chi connectivity index (χ1n) is 4.99. The van der Waals surface area contributed by atoms with E-state index >= 15 is 0 Å². The number of rotatable bonds is 2. The van der Waals surface area contributed by atoms with Crippen LogP contribution in [0.4, 0.5) is 4.39 Å². The molecule has 1 aliphatic heterocycles. The summed E-state index contributed by atoms with van der Waals surface area (Å²) in [6.07, 6.45) is 0. The number of halogens is 1. The molecule has 0 radical (unpaired) electrons. The van der Waals surface area contributed by atoms with Crippen molar-refractivity contribution in [1.82, 2.24) is 4.90 Å². The maximum atomic E-state index is 12.7. The van der Waals surface area contributed by atoms with Gasteiger partial charge >= 0.3 is 5.97 Å². The minimum atomic E-state index is -0.947. The van der Waals surface area contributed by atoms with Crippen molar-refractivity contribution in [1.29, 1.82) is 0 Å². The fourth-order valence-electron chi connectivity index (χ4n) is 1.66. The van der Waals surface area contributed by atoms with Crippen LogP contribution in [0.25, 0.3) is 0 Å². The van der Waals surface area contributed by atoms with Crippen LogP contribution in [-0.2, 0) is 4.79 Å². The number of likely N-dealkylation sites (tertiary alicyclic amines) is 1.